The van der Waals surface area contributed by atoms with E-state index < -0.39 is 6.10 Å². The van der Waals surface area contributed by atoms with Crippen LogP contribution < -0.4 is 20.3 Å². The van der Waals surface area contributed by atoms with E-state index in [1.54, 1.807) is 6.07 Å². The van der Waals surface area contributed by atoms with Crippen LogP contribution in [-0.2, 0) is 13.0 Å². The number of H-pyrrole nitrogens is 1. The molecule has 3 aromatic carbocycles. The molecule has 0 spiro atoms. The number of aliphatic hydroxyl groups is 1. The maximum absolute atomic E-state index is 12.1. The summed E-state index contributed by atoms with van der Waals surface area (Å²) in [5, 5.41) is 15.2. The standard InChI is InChI=1S/C37H42N2O4/c40-33(31-10-12-34(36-32(31)11-13-35(41)39-36)42-23-26-4-2-1-3-5-26)22-38-15-14-25-6-8-30(9-7-25)43-24-37-19-27-16-28(20-37)18-29(17-27)21-37/h1-13,27-29,33,38,40H,14-24H2,(H,39,41)/t27?,28?,29?,33-,37?/m0/s1. The lowest BCUT2D eigenvalue weighted by atomic mass is 9.50. The summed E-state index contributed by atoms with van der Waals surface area (Å²) in [4.78, 5) is 15.0. The van der Waals surface area contributed by atoms with Crippen LogP contribution in [0.25, 0.3) is 10.9 Å². The molecule has 1 atom stereocenters. The number of aromatic amines is 1. The van der Waals surface area contributed by atoms with Gasteiger partial charge in [-0.25, -0.2) is 0 Å². The molecule has 4 saturated carbocycles. The fraction of sp³-hybridized carbons (Fsp3) is 0.432. The molecule has 8 rings (SSSR count). The van der Waals surface area contributed by atoms with Gasteiger partial charge < -0.3 is 24.9 Å². The highest BCUT2D eigenvalue weighted by Gasteiger charge is 2.51. The van der Waals surface area contributed by atoms with Crippen molar-refractivity contribution in [3.8, 4) is 11.5 Å². The maximum Gasteiger partial charge on any atom is 0.248 e. The van der Waals surface area contributed by atoms with Gasteiger partial charge in [0, 0.05) is 23.4 Å². The van der Waals surface area contributed by atoms with Gasteiger partial charge in [-0.3, -0.25) is 4.79 Å². The van der Waals surface area contributed by atoms with Gasteiger partial charge in [-0.2, -0.15) is 0 Å². The molecular weight excluding hydrogens is 536 g/mol. The molecule has 4 aliphatic rings. The largest absolute Gasteiger partial charge is 0.493 e. The van der Waals surface area contributed by atoms with Crippen LogP contribution in [0.15, 0.2) is 83.7 Å². The first-order valence-corrected chi connectivity index (χ1v) is 16.0. The van der Waals surface area contributed by atoms with Crippen LogP contribution in [0.5, 0.6) is 11.5 Å². The van der Waals surface area contributed by atoms with Crippen LogP contribution in [0.2, 0.25) is 0 Å². The predicted octanol–water partition coefficient (Wildman–Crippen LogP) is 6.57. The summed E-state index contributed by atoms with van der Waals surface area (Å²) in [6.07, 6.45) is 8.64. The topological polar surface area (TPSA) is 83.6 Å². The van der Waals surface area contributed by atoms with Crippen molar-refractivity contribution >= 4 is 10.9 Å². The average Bonchev–Trinajstić information content (AvgIpc) is 3.01. The van der Waals surface area contributed by atoms with Crippen molar-refractivity contribution in [2.45, 2.75) is 57.7 Å². The van der Waals surface area contributed by atoms with Crippen molar-refractivity contribution in [3.63, 3.8) is 0 Å². The normalized spacial score (nSPS) is 24.7. The van der Waals surface area contributed by atoms with Crippen LogP contribution in [-0.4, -0.2) is 29.8 Å². The molecular formula is C37H42N2O4. The van der Waals surface area contributed by atoms with Gasteiger partial charge in [-0.15, -0.1) is 0 Å². The van der Waals surface area contributed by atoms with E-state index >= 15 is 0 Å². The van der Waals surface area contributed by atoms with Crippen molar-refractivity contribution in [1.82, 2.24) is 10.3 Å². The molecule has 6 heteroatoms. The Morgan fingerprint density at radius 2 is 1.56 bits per heavy atom. The third-order valence-corrected chi connectivity index (χ3v) is 10.0. The molecule has 3 N–H and O–H groups in total. The van der Waals surface area contributed by atoms with Crippen LogP contribution in [0.4, 0.5) is 0 Å². The van der Waals surface area contributed by atoms with E-state index in [1.807, 2.05) is 42.5 Å². The van der Waals surface area contributed by atoms with Crippen molar-refractivity contribution in [2.75, 3.05) is 19.7 Å². The Morgan fingerprint density at radius 3 is 2.28 bits per heavy atom. The average molecular weight is 579 g/mol. The summed E-state index contributed by atoms with van der Waals surface area (Å²) in [6, 6.07) is 25.4. The van der Waals surface area contributed by atoms with Crippen molar-refractivity contribution in [3.05, 3.63) is 106 Å². The summed E-state index contributed by atoms with van der Waals surface area (Å²) in [5.74, 6) is 4.41. The van der Waals surface area contributed by atoms with Gasteiger partial charge in [0.1, 0.15) is 18.1 Å². The summed E-state index contributed by atoms with van der Waals surface area (Å²) < 4.78 is 12.4. The number of nitrogens with one attached hydrogen (secondary N) is 2. The lowest BCUT2D eigenvalue weighted by Crippen LogP contribution is -2.48. The van der Waals surface area contributed by atoms with Crippen molar-refractivity contribution in [2.24, 2.45) is 23.2 Å². The molecule has 6 nitrogen and oxygen atoms in total. The number of hydrogen-bond acceptors (Lipinski definition) is 5. The van der Waals surface area contributed by atoms with E-state index in [0.717, 1.165) is 59.6 Å². The first-order valence-electron chi connectivity index (χ1n) is 16.0. The van der Waals surface area contributed by atoms with Crippen molar-refractivity contribution in [1.29, 1.82) is 0 Å². The minimum Gasteiger partial charge on any atom is -0.493 e. The molecule has 4 bridgehead atoms. The van der Waals surface area contributed by atoms with E-state index in [9.17, 15) is 9.90 Å². The predicted molar refractivity (Wildman–Crippen MR) is 169 cm³/mol. The number of pyridine rings is 1. The number of aliphatic hydroxyl groups excluding tert-OH is 1. The van der Waals surface area contributed by atoms with Gasteiger partial charge in [0.05, 0.1) is 18.2 Å². The minimum atomic E-state index is -0.725. The quantitative estimate of drug-likeness (QED) is 0.166. The van der Waals surface area contributed by atoms with Crippen LogP contribution in [0.1, 0.15) is 61.3 Å². The van der Waals surface area contributed by atoms with Gasteiger partial charge in [0.25, 0.3) is 0 Å². The smallest absolute Gasteiger partial charge is 0.248 e. The van der Waals surface area contributed by atoms with E-state index in [1.165, 1.54) is 50.2 Å². The highest BCUT2D eigenvalue weighted by atomic mass is 16.5. The Labute approximate surface area is 253 Å². The molecule has 4 aromatic rings. The van der Waals surface area contributed by atoms with Crippen LogP contribution in [0, 0.1) is 23.2 Å². The second-order valence-corrected chi connectivity index (χ2v) is 13.4. The highest BCUT2D eigenvalue weighted by Crippen LogP contribution is 2.60. The Hall–Kier alpha value is -3.61. The third-order valence-electron chi connectivity index (χ3n) is 10.0. The lowest BCUT2D eigenvalue weighted by molar-refractivity contribution is -0.0745. The zero-order valence-corrected chi connectivity index (χ0v) is 24.8. The van der Waals surface area contributed by atoms with Crippen molar-refractivity contribution < 1.29 is 14.6 Å². The van der Waals surface area contributed by atoms with Gasteiger partial charge >= 0.3 is 0 Å². The third kappa shape index (κ3) is 6.36. The Kier molecular flexibility index (Phi) is 7.98. The van der Waals surface area contributed by atoms with E-state index in [-0.39, 0.29) is 5.56 Å². The fourth-order valence-electron chi connectivity index (χ4n) is 8.43. The number of fused-ring (bicyclic) bond motifs is 1. The second-order valence-electron chi connectivity index (χ2n) is 13.4. The van der Waals surface area contributed by atoms with Gasteiger partial charge in [0.2, 0.25) is 5.56 Å². The summed E-state index contributed by atoms with van der Waals surface area (Å²) >= 11 is 0. The van der Waals surface area contributed by atoms with Gasteiger partial charge in [0.15, 0.2) is 0 Å². The summed E-state index contributed by atoms with van der Waals surface area (Å²) in [5.41, 5.74) is 3.87. The first kappa shape index (κ1) is 28.2. The Bertz CT molecular complexity index is 1560. The minimum absolute atomic E-state index is 0.203. The molecule has 0 saturated heterocycles. The van der Waals surface area contributed by atoms with E-state index in [4.69, 9.17) is 9.47 Å². The molecule has 224 valence electrons. The zero-order valence-electron chi connectivity index (χ0n) is 24.8. The molecule has 1 aromatic heterocycles. The molecule has 0 radical (unpaired) electrons. The molecule has 0 amide bonds. The molecule has 43 heavy (non-hydrogen) atoms. The Morgan fingerprint density at radius 1 is 0.837 bits per heavy atom. The number of ether oxygens (including phenoxy) is 2. The van der Waals surface area contributed by atoms with E-state index in [0.29, 0.717) is 29.8 Å². The van der Waals surface area contributed by atoms with Gasteiger partial charge in [-0.05, 0) is 110 Å². The highest BCUT2D eigenvalue weighted by molar-refractivity contribution is 5.87. The number of rotatable bonds is 12. The van der Waals surface area contributed by atoms with Crippen LogP contribution in [0.3, 0.4) is 0 Å². The van der Waals surface area contributed by atoms with Gasteiger partial charge in [-0.1, -0.05) is 48.5 Å². The number of aromatic nitrogens is 1. The zero-order chi connectivity index (χ0) is 29.2. The monoisotopic (exact) mass is 578 g/mol. The number of hydrogen-bond donors (Lipinski definition) is 3. The summed E-state index contributed by atoms with van der Waals surface area (Å²) in [6.45, 7) is 2.42. The SMILES string of the molecule is O=c1ccc2c([C@@H](O)CNCCc3ccc(OCC45CC6CC(CC(C6)C4)C5)cc3)ccc(OCc3ccccc3)c2[nH]1. The first-order chi connectivity index (χ1) is 21.0. The second kappa shape index (κ2) is 12.2. The molecule has 4 fully saturated rings. The summed E-state index contributed by atoms with van der Waals surface area (Å²) in [7, 11) is 0. The van der Waals surface area contributed by atoms with E-state index in [2.05, 4.69) is 34.6 Å². The Balaban J connectivity index is 0.908. The lowest BCUT2D eigenvalue weighted by Gasteiger charge is -2.56. The van der Waals surface area contributed by atoms with Crippen LogP contribution >= 0.6 is 0 Å². The molecule has 4 aliphatic carbocycles. The number of benzene rings is 3. The molecule has 0 aliphatic heterocycles. The fourth-order valence-corrected chi connectivity index (χ4v) is 8.43. The molecule has 0 unspecified atom stereocenters. The maximum atomic E-state index is 12.1. The molecule has 1 heterocycles.